The number of urea groups is 1. The van der Waals surface area contributed by atoms with Crippen LogP contribution in [0.2, 0.25) is 5.02 Å². The lowest BCUT2D eigenvalue weighted by atomic mass is 10.3. The van der Waals surface area contributed by atoms with Crippen LogP contribution in [0.3, 0.4) is 0 Å². The van der Waals surface area contributed by atoms with E-state index in [1.165, 1.54) is 4.88 Å². The molecule has 2 amide bonds. The summed E-state index contributed by atoms with van der Waals surface area (Å²) in [7, 11) is 0. The molecule has 3 rings (SSSR count). The van der Waals surface area contributed by atoms with Crippen LogP contribution in [0.25, 0.3) is 0 Å². The molecule has 124 valence electrons. The number of carbonyl (C=O) groups excluding carboxylic acids is 1. The maximum absolute atomic E-state index is 12.6. The highest BCUT2D eigenvalue weighted by Gasteiger charge is 2.16. The zero-order chi connectivity index (χ0) is 16.8. The number of hydrogen-bond acceptors (Lipinski definition) is 3. The molecule has 0 fully saturated rings. The number of carbonyl (C=O) groups is 1. The number of hydrogen-bond donors (Lipinski definition) is 1. The molecule has 0 bridgehead atoms. The van der Waals surface area contributed by atoms with Crippen molar-refractivity contribution in [2.24, 2.45) is 0 Å². The Bertz CT molecular complexity index is 772. The van der Waals surface area contributed by atoms with Crippen LogP contribution in [-0.4, -0.2) is 17.5 Å². The van der Waals surface area contributed by atoms with Gasteiger partial charge < -0.3 is 14.6 Å². The van der Waals surface area contributed by atoms with Gasteiger partial charge in [-0.25, -0.2) is 4.79 Å². The second-order valence-electron chi connectivity index (χ2n) is 5.27. The van der Waals surface area contributed by atoms with E-state index < -0.39 is 0 Å². The van der Waals surface area contributed by atoms with Gasteiger partial charge in [-0.1, -0.05) is 23.7 Å². The molecular formula is C18H17ClN2O2S. The van der Waals surface area contributed by atoms with Crippen molar-refractivity contribution in [1.82, 2.24) is 4.90 Å². The van der Waals surface area contributed by atoms with Crippen LogP contribution >= 0.6 is 22.9 Å². The predicted molar refractivity (Wildman–Crippen MR) is 97.6 cm³/mol. The lowest BCUT2D eigenvalue weighted by molar-refractivity contribution is 0.205. The summed E-state index contributed by atoms with van der Waals surface area (Å²) in [5.41, 5.74) is 0.674. The van der Waals surface area contributed by atoms with Crippen LogP contribution in [0.15, 0.2) is 64.6 Å². The Hall–Kier alpha value is -2.24. The summed E-state index contributed by atoms with van der Waals surface area (Å²) in [6.07, 6.45) is 2.42. The summed E-state index contributed by atoms with van der Waals surface area (Å²) in [5.74, 6) is 0.752. The largest absolute Gasteiger partial charge is 0.467 e. The third kappa shape index (κ3) is 4.63. The number of nitrogens with zero attached hydrogens (tertiary/aromatic N) is 1. The standard InChI is InChI=1S/C18H17ClN2O2S/c19-14-4-1-5-15(12-14)20-18(22)21(13-16-6-2-10-23-16)9-8-17-7-3-11-24-17/h1-7,10-12H,8-9,13H2,(H,20,22). The molecule has 0 atom stereocenters. The monoisotopic (exact) mass is 360 g/mol. The van der Waals surface area contributed by atoms with Gasteiger partial charge in [0.1, 0.15) is 5.76 Å². The van der Waals surface area contributed by atoms with Gasteiger partial charge in [-0.05, 0) is 48.2 Å². The molecule has 0 unspecified atom stereocenters. The van der Waals surface area contributed by atoms with Crippen LogP contribution in [0.1, 0.15) is 10.6 Å². The molecule has 4 nitrogen and oxygen atoms in total. The van der Waals surface area contributed by atoms with Crippen molar-refractivity contribution >= 4 is 34.7 Å². The highest BCUT2D eigenvalue weighted by molar-refractivity contribution is 7.09. The Balaban J connectivity index is 1.68. The zero-order valence-electron chi connectivity index (χ0n) is 12.9. The van der Waals surface area contributed by atoms with Gasteiger partial charge >= 0.3 is 6.03 Å². The summed E-state index contributed by atoms with van der Waals surface area (Å²) in [6, 6.07) is 14.7. The van der Waals surface area contributed by atoms with Crippen molar-refractivity contribution < 1.29 is 9.21 Å². The molecule has 0 spiro atoms. The van der Waals surface area contributed by atoms with E-state index in [4.69, 9.17) is 16.0 Å². The zero-order valence-corrected chi connectivity index (χ0v) is 14.5. The molecule has 2 aromatic heterocycles. The molecule has 0 aliphatic heterocycles. The minimum atomic E-state index is -0.176. The average Bonchev–Trinajstić information content (AvgIpc) is 3.25. The minimum Gasteiger partial charge on any atom is -0.467 e. The van der Waals surface area contributed by atoms with E-state index >= 15 is 0 Å². The van der Waals surface area contributed by atoms with E-state index in [0.29, 0.717) is 23.8 Å². The van der Waals surface area contributed by atoms with E-state index in [1.807, 2.05) is 29.6 Å². The number of furan rings is 1. The van der Waals surface area contributed by atoms with Crippen molar-refractivity contribution in [3.63, 3.8) is 0 Å². The SMILES string of the molecule is O=C(Nc1cccc(Cl)c1)N(CCc1cccs1)Cc1ccco1. The topological polar surface area (TPSA) is 45.5 Å². The number of benzene rings is 1. The first kappa shape index (κ1) is 16.6. The summed E-state index contributed by atoms with van der Waals surface area (Å²) in [5, 5.41) is 5.52. The molecule has 24 heavy (non-hydrogen) atoms. The lowest BCUT2D eigenvalue weighted by Gasteiger charge is -2.22. The smallest absolute Gasteiger partial charge is 0.322 e. The summed E-state index contributed by atoms with van der Waals surface area (Å²) in [4.78, 5) is 15.6. The fraction of sp³-hybridized carbons (Fsp3) is 0.167. The number of amides is 2. The molecular weight excluding hydrogens is 344 g/mol. The van der Waals surface area contributed by atoms with Gasteiger partial charge in [-0.15, -0.1) is 11.3 Å². The summed E-state index contributed by atoms with van der Waals surface area (Å²) in [6.45, 7) is 1.03. The van der Waals surface area contributed by atoms with Gasteiger partial charge in [0.15, 0.2) is 0 Å². The Labute approximate surface area is 149 Å². The minimum absolute atomic E-state index is 0.176. The van der Waals surface area contributed by atoms with Crippen molar-refractivity contribution in [2.75, 3.05) is 11.9 Å². The summed E-state index contributed by atoms with van der Waals surface area (Å²) >= 11 is 7.66. The highest BCUT2D eigenvalue weighted by Crippen LogP contribution is 2.17. The molecule has 3 aromatic rings. The number of anilines is 1. The van der Waals surface area contributed by atoms with E-state index in [2.05, 4.69) is 11.4 Å². The van der Waals surface area contributed by atoms with Gasteiger partial charge in [0, 0.05) is 22.1 Å². The molecule has 0 saturated carbocycles. The van der Waals surface area contributed by atoms with Crippen molar-refractivity contribution in [1.29, 1.82) is 0 Å². The van der Waals surface area contributed by atoms with Gasteiger partial charge in [0.05, 0.1) is 12.8 Å². The Morgan fingerprint density at radius 3 is 2.83 bits per heavy atom. The van der Waals surface area contributed by atoms with E-state index in [-0.39, 0.29) is 6.03 Å². The van der Waals surface area contributed by atoms with Crippen LogP contribution < -0.4 is 5.32 Å². The Morgan fingerprint density at radius 1 is 1.21 bits per heavy atom. The lowest BCUT2D eigenvalue weighted by Crippen LogP contribution is -2.35. The molecule has 0 aliphatic carbocycles. The van der Waals surface area contributed by atoms with E-state index in [0.717, 1.165) is 12.2 Å². The van der Waals surface area contributed by atoms with Crippen molar-refractivity contribution in [2.45, 2.75) is 13.0 Å². The average molecular weight is 361 g/mol. The van der Waals surface area contributed by atoms with E-state index in [1.54, 1.807) is 40.7 Å². The quantitative estimate of drug-likeness (QED) is 0.650. The fourth-order valence-electron chi connectivity index (χ4n) is 2.31. The molecule has 0 aliphatic rings. The molecule has 1 N–H and O–H groups in total. The Kier molecular flexibility index (Phi) is 5.56. The maximum atomic E-state index is 12.6. The molecule has 6 heteroatoms. The first-order valence-corrected chi connectivity index (χ1v) is 8.83. The van der Waals surface area contributed by atoms with Gasteiger partial charge in [0.2, 0.25) is 0 Å². The van der Waals surface area contributed by atoms with Crippen LogP contribution in [0.4, 0.5) is 10.5 Å². The molecule has 0 saturated heterocycles. The van der Waals surface area contributed by atoms with Crippen LogP contribution in [0, 0.1) is 0 Å². The number of rotatable bonds is 6. The number of nitrogens with one attached hydrogen (secondary N) is 1. The Morgan fingerprint density at radius 2 is 2.12 bits per heavy atom. The second kappa shape index (κ2) is 8.04. The van der Waals surface area contributed by atoms with Crippen LogP contribution in [-0.2, 0) is 13.0 Å². The highest BCUT2D eigenvalue weighted by atomic mass is 35.5. The van der Waals surface area contributed by atoms with Crippen molar-refractivity contribution in [3.8, 4) is 0 Å². The second-order valence-corrected chi connectivity index (χ2v) is 6.74. The van der Waals surface area contributed by atoms with Gasteiger partial charge in [0.25, 0.3) is 0 Å². The fourth-order valence-corrected chi connectivity index (χ4v) is 3.20. The maximum Gasteiger partial charge on any atom is 0.322 e. The van der Waals surface area contributed by atoms with E-state index in [9.17, 15) is 4.79 Å². The normalized spacial score (nSPS) is 10.5. The third-order valence-electron chi connectivity index (χ3n) is 3.50. The van der Waals surface area contributed by atoms with Gasteiger partial charge in [-0.2, -0.15) is 0 Å². The third-order valence-corrected chi connectivity index (χ3v) is 4.67. The predicted octanol–water partition coefficient (Wildman–Crippen LogP) is 5.27. The first-order chi connectivity index (χ1) is 11.7. The van der Waals surface area contributed by atoms with Crippen molar-refractivity contribution in [3.05, 3.63) is 75.8 Å². The van der Waals surface area contributed by atoms with Crippen LogP contribution in [0.5, 0.6) is 0 Å². The van der Waals surface area contributed by atoms with Gasteiger partial charge in [-0.3, -0.25) is 0 Å². The first-order valence-electron chi connectivity index (χ1n) is 7.57. The molecule has 1 aromatic carbocycles. The molecule has 0 radical (unpaired) electrons. The number of thiophene rings is 1. The number of halogens is 1. The summed E-state index contributed by atoms with van der Waals surface area (Å²) < 4.78 is 5.38. The molecule has 2 heterocycles.